The van der Waals surface area contributed by atoms with Gasteiger partial charge < -0.3 is 0 Å². The van der Waals surface area contributed by atoms with Crippen LogP contribution in [0.3, 0.4) is 0 Å². The van der Waals surface area contributed by atoms with Gasteiger partial charge in [0.05, 0.1) is 12.2 Å². The predicted octanol–water partition coefficient (Wildman–Crippen LogP) is 7.73. The molecule has 1 aromatic heterocycles. The van der Waals surface area contributed by atoms with Crippen LogP contribution in [0.2, 0.25) is 0 Å². The smallest absolute Gasteiger partial charge is 0.263 e. The van der Waals surface area contributed by atoms with Crippen LogP contribution < -0.4 is 0 Å². The van der Waals surface area contributed by atoms with E-state index in [0.717, 1.165) is 31.2 Å². The molecule has 0 spiro atoms. The number of fused-ring (bicyclic) bond motifs is 3. The van der Waals surface area contributed by atoms with Crippen molar-refractivity contribution in [3.05, 3.63) is 93.6 Å². The van der Waals surface area contributed by atoms with Crippen LogP contribution in [0.5, 0.6) is 0 Å². The van der Waals surface area contributed by atoms with E-state index in [1.165, 1.54) is 36.1 Å². The summed E-state index contributed by atoms with van der Waals surface area (Å²) in [6, 6.07) is 24.5. The standard InChI is InChI=1S/C33H38N3O/c1-32(2)25-18-19-33(3,20-25)28(32)21-34-31(37)29-27-17-11-10-16-26(24-14-8-5-9-15-24)30(27)36(35-29)22-23-12-6-4-7-13-23/h4-9,12-15,25-26,28H,10-11,16-20,22H2,1-3H3/q+1/t25?,26?,28-,33?/m1/s1. The number of carbonyl (C=O) groups is 1. The summed E-state index contributed by atoms with van der Waals surface area (Å²) in [7, 11) is 0. The third kappa shape index (κ3) is 4.23. The van der Waals surface area contributed by atoms with Crippen LogP contribution >= 0.6 is 0 Å². The second-order valence-corrected chi connectivity index (χ2v) is 12.5. The molecule has 3 aromatic rings. The van der Waals surface area contributed by atoms with Crippen molar-refractivity contribution < 1.29 is 4.79 Å². The lowest BCUT2D eigenvalue weighted by Crippen LogP contribution is -2.34. The molecule has 4 heteroatoms. The molecule has 6 rings (SSSR count). The highest BCUT2D eigenvalue weighted by atomic mass is 16.1. The van der Waals surface area contributed by atoms with Gasteiger partial charge in [-0.1, -0.05) is 87.9 Å². The van der Waals surface area contributed by atoms with Crippen LogP contribution in [-0.2, 0) is 13.0 Å². The lowest BCUT2D eigenvalue weighted by Gasteiger charge is -2.36. The second-order valence-electron chi connectivity index (χ2n) is 12.5. The van der Waals surface area contributed by atoms with Gasteiger partial charge in [-0.05, 0) is 66.4 Å². The fraction of sp³-hybridized carbons (Fsp3) is 0.485. The Labute approximate surface area is 220 Å². The van der Waals surface area contributed by atoms with Gasteiger partial charge in [-0.25, -0.2) is 0 Å². The molecule has 190 valence electrons. The minimum atomic E-state index is -0.223. The van der Waals surface area contributed by atoms with E-state index in [0.29, 0.717) is 18.2 Å². The van der Waals surface area contributed by atoms with Crippen LogP contribution in [-0.4, -0.2) is 15.7 Å². The zero-order valence-electron chi connectivity index (χ0n) is 22.4. The minimum Gasteiger partial charge on any atom is -0.263 e. The predicted molar refractivity (Wildman–Crippen MR) is 148 cm³/mol. The number of aromatic nitrogens is 2. The lowest BCUT2D eigenvalue weighted by atomic mass is 9.65. The number of hydrogen-bond donors (Lipinski definition) is 0. The number of carbonyl (C=O) groups excluding carboxylic acids is 1. The Morgan fingerprint density at radius 3 is 2.46 bits per heavy atom. The van der Waals surface area contributed by atoms with Crippen molar-refractivity contribution in [3.8, 4) is 6.07 Å². The Balaban J connectivity index is 1.41. The summed E-state index contributed by atoms with van der Waals surface area (Å²) in [6.07, 6.45) is 7.86. The van der Waals surface area contributed by atoms with Crippen LogP contribution in [0.25, 0.3) is 4.85 Å². The molecule has 2 fully saturated rings. The molecule has 0 aliphatic heterocycles. The van der Waals surface area contributed by atoms with Gasteiger partial charge in [0, 0.05) is 16.3 Å². The number of hydrogen-bond acceptors (Lipinski definition) is 2. The van der Waals surface area contributed by atoms with Crippen molar-refractivity contribution in [3.63, 3.8) is 0 Å². The first-order chi connectivity index (χ1) is 17.9. The SMILES string of the molecule is CC12CCC(C1)C(C)(C)[C@H]2C#[N+]C(=O)c1nn(Cc2ccccc2)c2c1CCCCC2c1ccccc1. The van der Waals surface area contributed by atoms with E-state index in [2.05, 4.69) is 91.0 Å². The maximum absolute atomic E-state index is 13.7. The zero-order valence-corrected chi connectivity index (χ0v) is 22.4. The Bertz CT molecular complexity index is 1360. The van der Waals surface area contributed by atoms with E-state index in [1.54, 1.807) is 0 Å². The van der Waals surface area contributed by atoms with E-state index in [-0.39, 0.29) is 28.6 Å². The van der Waals surface area contributed by atoms with Gasteiger partial charge in [0.15, 0.2) is 0 Å². The molecule has 1 amide bonds. The Morgan fingerprint density at radius 1 is 1.03 bits per heavy atom. The zero-order chi connectivity index (χ0) is 25.6. The Morgan fingerprint density at radius 2 is 1.76 bits per heavy atom. The van der Waals surface area contributed by atoms with Crippen molar-refractivity contribution in [2.45, 2.75) is 78.2 Å². The Kier molecular flexibility index (Phi) is 6.06. The van der Waals surface area contributed by atoms with Gasteiger partial charge >= 0.3 is 5.91 Å². The van der Waals surface area contributed by atoms with Crippen LogP contribution in [0.1, 0.15) is 98.1 Å². The molecule has 0 N–H and O–H groups in total. The summed E-state index contributed by atoms with van der Waals surface area (Å²) >= 11 is 0. The van der Waals surface area contributed by atoms with Gasteiger partial charge in [-0.2, -0.15) is 9.89 Å². The van der Waals surface area contributed by atoms with E-state index in [1.807, 2.05) is 6.07 Å². The first-order valence-electron chi connectivity index (χ1n) is 14.1. The average Bonchev–Trinajstić information content (AvgIpc) is 3.45. The van der Waals surface area contributed by atoms with Crippen molar-refractivity contribution in [2.24, 2.45) is 22.7 Å². The van der Waals surface area contributed by atoms with Crippen LogP contribution in [0.15, 0.2) is 60.7 Å². The normalized spacial score (nSPS) is 27.7. The maximum atomic E-state index is 13.7. The van der Waals surface area contributed by atoms with E-state index in [4.69, 9.17) is 5.10 Å². The number of nitrogens with zero attached hydrogens (tertiary/aromatic N) is 3. The summed E-state index contributed by atoms with van der Waals surface area (Å²) < 4.78 is 2.10. The molecule has 2 aromatic carbocycles. The van der Waals surface area contributed by atoms with Gasteiger partial charge in [0.1, 0.15) is 5.92 Å². The summed E-state index contributed by atoms with van der Waals surface area (Å²) in [5, 5.41) is 4.98. The minimum absolute atomic E-state index is 0.138. The molecular formula is C33H38N3O+. The van der Waals surface area contributed by atoms with E-state index in [9.17, 15) is 4.79 Å². The number of benzene rings is 2. The first-order valence-corrected chi connectivity index (χ1v) is 14.1. The molecule has 4 nitrogen and oxygen atoms in total. The van der Waals surface area contributed by atoms with Gasteiger partial charge in [0.25, 0.3) is 6.07 Å². The van der Waals surface area contributed by atoms with E-state index < -0.39 is 0 Å². The molecule has 2 saturated carbocycles. The summed E-state index contributed by atoms with van der Waals surface area (Å²) in [5.74, 6) is 0.921. The lowest BCUT2D eigenvalue weighted by molar-refractivity contribution is 0.103. The quantitative estimate of drug-likeness (QED) is 0.350. The molecule has 0 saturated heterocycles. The van der Waals surface area contributed by atoms with E-state index >= 15 is 0 Å². The molecule has 4 atom stereocenters. The molecule has 2 bridgehead atoms. The maximum Gasteiger partial charge on any atom is 0.568 e. The third-order valence-electron chi connectivity index (χ3n) is 9.74. The highest BCUT2D eigenvalue weighted by molar-refractivity contribution is 6.02. The number of rotatable bonds is 4. The molecule has 0 radical (unpaired) electrons. The van der Waals surface area contributed by atoms with Crippen LogP contribution in [0, 0.1) is 28.7 Å². The molecule has 3 aliphatic carbocycles. The molecule has 37 heavy (non-hydrogen) atoms. The van der Waals surface area contributed by atoms with Crippen molar-refractivity contribution in [2.75, 3.05) is 0 Å². The van der Waals surface area contributed by atoms with Gasteiger partial charge in [-0.3, -0.25) is 4.68 Å². The van der Waals surface area contributed by atoms with Crippen molar-refractivity contribution in [1.29, 1.82) is 0 Å². The van der Waals surface area contributed by atoms with Crippen LogP contribution in [0.4, 0.5) is 0 Å². The van der Waals surface area contributed by atoms with Crippen molar-refractivity contribution in [1.82, 2.24) is 9.78 Å². The summed E-state index contributed by atoms with van der Waals surface area (Å²) in [6.45, 7) is 7.70. The molecule has 3 aliphatic rings. The largest absolute Gasteiger partial charge is 0.568 e. The average molecular weight is 493 g/mol. The fourth-order valence-electron chi connectivity index (χ4n) is 7.79. The Hall–Kier alpha value is -3.19. The van der Waals surface area contributed by atoms with Gasteiger partial charge in [-0.15, -0.1) is 0 Å². The third-order valence-corrected chi connectivity index (χ3v) is 9.74. The summed E-state index contributed by atoms with van der Waals surface area (Å²) in [5.41, 5.74) is 5.65. The fourth-order valence-corrected chi connectivity index (χ4v) is 7.79. The second kappa shape index (κ2) is 9.28. The molecule has 1 heterocycles. The molecular weight excluding hydrogens is 454 g/mol. The topological polar surface area (TPSA) is 39.2 Å². The molecule has 3 unspecified atom stereocenters. The highest BCUT2D eigenvalue weighted by Gasteiger charge is 2.61. The van der Waals surface area contributed by atoms with Crippen molar-refractivity contribution >= 4 is 5.91 Å². The number of amides is 1. The summed E-state index contributed by atoms with van der Waals surface area (Å²) in [4.78, 5) is 18.2. The monoisotopic (exact) mass is 492 g/mol. The first kappa shape index (κ1) is 24.2. The highest BCUT2D eigenvalue weighted by Crippen LogP contribution is 2.65. The van der Waals surface area contributed by atoms with Gasteiger partial charge in [0.2, 0.25) is 5.69 Å².